The van der Waals surface area contributed by atoms with E-state index in [1.807, 2.05) is 0 Å². The molecule has 35 heavy (non-hydrogen) atoms. The molecule has 4 aromatic carbocycles. The Kier molecular flexibility index (Phi) is 7.02. The lowest BCUT2D eigenvalue weighted by molar-refractivity contribution is 1.28. The molecule has 5 aromatic rings. The molecule has 1 nitrogen and oxygen atoms in total. The molecule has 0 spiro atoms. The molecule has 0 aliphatic carbocycles. The fourth-order valence-electron chi connectivity index (χ4n) is 4.01. The van der Waals surface area contributed by atoms with Gasteiger partial charge in [0, 0.05) is 21.9 Å². The Morgan fingerprint density at radius 2 is 1.06 bits per heavy atom. The Hall–Kier alpha value is -4.14. The SMILES string of the molecule is Cc1csc(/C=C/c2cccc(/C=C/c3ccc(N(c4ccccc4)c4ccccc4)cc3)c2)c1. The van der Waals surface area contributed by atoms with Crippen LogP contribution in [0.1, 0.15) is 27.1 Å². The lowest BCUT2D eigenvalue weighted by Gasteiger charge is -2.25. The minimum atomic E-state index is 1.13. The summed E-state index contributed by atoms with van der Waals surface area (Å²) in [5, 5.41) is 2.18. The van der Waals surface area contributed by atoms with Gasteiger partial charge in [-0.05, 0) is 89.2 Å². The van der Waals surface area contributed by atoms with E-state index < -0.39 is 0 Å². The summed E-state index contributed by atoms with van der Waals surface area (Å²) in [4.78, 5) is 3.56. The van der Waals surface area contributed by atoms with E-state index in [1.165, 1.54) is 27.1 Å². The van der Waals surface area contributed by atoms with Crippen molar-refractivity contribution in [3.8, 4) is 0 Å². The lowest BCUT2D eigenvalue weighted by Crippen LogP contribution is -2.09. The number of hydrogen-bond donors (Lipinski definition) is 0. The quantitative estimate of drug-likeness (QED) is 0.214. The van der Waals surface area contributed by atoms with Crippen molar-refractivity contribution in [1.82, 2.24) is 0 Å². The minimum Gasteiger partial charge on any atom is -0.311 e. The maximum absolute atomic E-state index is 2.28. The third kappa shape index (κ3) is 5.87. The van der Waals surface area contributed by atoms with Crippen molar-refractivity contribution in [3.63, 3.8) is 0 Å². The molecular formula is C33H27NS. The van der Waals surface area contributed by atoms with Gasteiger partial charge in [-0.3, -0.25) is 0 Å². The number of hydrogen-bond acceptors (Lipinski definition) is 2. The summed E-state index contributed by atoms with van der Waals surface area (Å²) < 4.78 is 0. The fourth-order valence-corrected chi connectivity index (χ4v) is 4.80. The van der Waals surface area contributed by atoms with Crippen molar-refractivity contribution in [3.05, 3.63) is 148 Å². The highest BCUT2D eigenvalue weighted by atomic mass is 32.1. The van der Waals surface area contributed by atoms with E-state index in [1.54, 1.807) is 11.3 Å². The highest BCUT2D eigenvalue weighted by Crippen LogP contribution is 2.34. The van der Waals surface area contributed by atoms with Gasteiger partial charge in [0.2, 0.25) is 0 Å². The van der Waals surface area contributed by atoms with E-state index in [-0.39, 0.29) is 0 Å². The summed E-state index contributed by atoms with van der Waals surface area (Å²) in [6.45, 7) is 2.13. The van der Waals surface area contributed by atoms with Crippen LogP contribution in [-0.2, 0) is 0 Å². The average molecular weight is 470 g/mol. The van der Waals surface area contributed by atoms with Crippen molar-refractivity contribution in [2.24, 2.45) is 0 Å². The second-order valence-corrected chi connectivity index (χ2v) is 9.40. The van der Waals surface area contributed by atoms with Crippen molar-refractivity contribution in [2.45, 2.75) is 6.92 Å². The highest BCUT2D eigenvalue weighted by molar-refractivity contribution is 7.11. The molecule has 0 saturated carbocycles. The second kappa shape index (κ2) is 10.9. The Bertz CT molecular complexity index is 1390. The van der Waals surface area contributed by atoms with Crippen molar-refractivity contribution in [1.29, 1.82) is 0 Å². The van der Waals surface area contributed by atoms with Gasteiger partial charge in [-0.25, -0.2) is 0 Å². The van der Waals surface area contributed by atoms with Crippen LogP contribution in [0.3, 0.4) is 0 Å². The largest absolute Gasteiger partial charge is 0.311 e. The van der Waals surface area contributed by atoms with E-state index in [4.69, 9.17) is 0 Å². The van der Waals surface area contributed by atoms with Gasteiger partial charge in [0.1, 0.15) is 0 Å². The van der Waals surface area contributed by atoms with Crippen LogP contribution in [0, 0.1) is 6.92 Å². The van der Waals surface area contributed by atoms with Crippen molar-refractivity contribution < 1.29 is 0 Å². The molecule has 0 bridgehead atoms. The third-order valence-electron chi connectivity index (χ3n) is 5.75. The normalized spacial score (nSPS) is 11.3. The molecule has 0 saturated heterocycles. The minimum absolute atomic E-state index is 1.13. The topological polar surface area (TPSA) is 3.24 Å². The summed E-state index contributed by atoms with van der Waals surface area (Å²) in [7, 11) is 0. The van der Waals surface area contributed by atoms with E-state index in [0.717, 1.165) is 17.1 Å². The molecule has 0 aliphatic heterocycles. The molecule has 0 radical (unpaired) electrons. The van der Waals surface area contributed by atoms with Gasteiger partial charge in [-0.2, -0.15) is 0 Å². The molecule has 0 unspecified atom stereocenters. The average Bonchev–Trinajstić information content (AvgIpc) is 3.34. The first-order valence-electron chi connectivity index (χ1n) is 11.8. The standard InChI is InChI=1S/C33H27NS/c1-26-23-33(35-25-26)22-19-29-10-8-9-28(24-29)16-15-27-17-20-32(21-18-27)34(30-11-4-2-5-12-30)31-13-6-3-7-14-31/h2-25H,1H3/b16-15+,22-19+. The molecule has 1 aromatic heterocycles. The highest BCUT2D eigenvalue weighted by Gasteiger charge is 2.11. The van der Waals surface area contributed by atoms with E-state index >= 15 is 0 Å². The first-order chi connectivity index (χ1) is 17.2. The van der Waals surface area contributed by atoms with Gasteiger partial charge >= 0.3 is 0 Å². The number of nitrogens with zero attached hydrogens (tertiary/aromatic N) is 1. The number of rotatable bonds is 7. The first-order valence-corrected chi connectivity index (χ1v) is 12.6. The predicted molar refractivity (Wildman–Crippen MR) is 154 cm³/mol. The van der Waals surface area contributed by atoms with Gasteiger partial charge in [0.05, 0.1) is 0 Å². The van der Waals surface area contributed by atoms with Crippen molar-refractivity contribution in [2.75, 3.05) is 4.90 Å². The first kappa shape index (κ1) is 22.6. The number of para-hydroxylation sites is 2. The maximum atomic E-state index is 2.28. The zero-order valence-corrected chi connectivity index (χ0v) is 20.5. The molecule has 0 aliphatic rings. The van der Waals surface area contributed by atoms with E-state index in [2.05, 4.69) is 157 Å². The second-order valence-electron chi connectivity index (χ2n) is 8.46. The molecule has 0 amide bonds. The molecule has 1 heterocycles. The predicted octanol–water partition coefficient (Wildman–Crippen LogP) is 9.87. The Labute approximate surface area is 212 Å². The van der Waals surface area contributed by atoms with E-state index in [9.17, 15) is 0 Å². The molecule has 5 rings (SSSR count). The van der Waals surface area contributed by atoms with Crippen LogP contribution >= 0.6 is 11.3 Å². The molecule has 0 N–H and O–H groups in total. The summed E-state index contributed by atoms with van der Waals surface area (Å²) in [5.74, 6) is 0. The number of benzene rings is 4. The van der Waals surface area contributed by atoms with Gasteiger partial charge in [-0.1, -0.05) is 85.0 Å². The van der Waals surface area contributed by atoms with E-state index in [0.29, 0.717) is 0 Å². The van der Waals surface area contributed by atoms with Gasteiger partial charge in [0.15, 0.2) is 0 Å². The van der Waals surface area contributed by atoms with Crippen LogP contribution < -0.4 is 4.90 Å². The number of thiophene rings is 1. The van der Waals surface area contributed by atoms with Crippen LogP contribution in [0.15, 0.2) is 121 Å². The zero-order valence-electron chi connectivity index (χ0n) is 19.7. The van der Waals surface area contributed by atoms with Gasteiger partial charge in [-0.15, -0.1) is 11.3 Å². The van der Waals surface area contributed by atoms with Crippen LogP contribution in [-0.4, -0.2) is 0 Å². The van der Waals surface area contributed by atoms with Crippen LogP contribution in [0.4, 0.5) is 17.1 Å². The maximum Gasteiger partial charge on any atom is 0.0462 e. The lowest BCUT2D eigenvalue weighted by atomic mass is 10.1. The molecule has 2 heteroatoms. The Balaban J connectivity index is 1.34. The Morgan fingerprint density at radius 1 is 0.514 bits per heavy atom. The van der Waals surface area contributed by atoms with Crippen LogP contribution in [0.5, 0.6) is 0 Å². The Morgan fingerprint density at radius 3 is 1.63 bits per heavy atom. The smallest absolute Gasteiger partial charge is 0.0462 e. The number of anilines is 3. The zero-order chi connectivity index (χ0) is 23.9. The van der Waals surface area contributed by atoms with Gasteiger partial charge in [0.25, 0.3) is 0 Å². The molecular weight excluding hydrogens is 442 g/mol. The van der Waals surface area contributed by atoms with Gasteiger partial charge < -0.3 is 4.90 Å². The monoisotopic (exact) mass is 469 g/mol. The third-order valence-corrected chi connectivity index (χ3v) is 6.77. The molecule has 0 fully saturated rings. The fraction of sp³-hybridized carbons (Fsp3) is 0.0303. The molecule has 170 valence electrons. The van der Waals surface area contributed by atoms with Crippen molar-refractivity contribution >= 4 is 52.7 Å². The number of aryl methyl sites for hydroxylation is 1. The summed E-state index contributed by atoms with van der Waals surface area (Å²) in [6, 6.07) is 40.5. The summed E-state index contributed by atoms with van der Waals surface area (Å²) in [5.41, 5.74) is 8.30. The summed E-state index contributed by atoms with van der Waals surface area (Å²) in [6.07, 6.45) is 8.71. The van der Waals surface area contributed by atoms with Crippen LogP contribution in [0.25, 0.3) is 24.3 Å². The summed E-state index contributed by atoms with van der Waals surface area (Å²) >= 11 is 1.78. The van der Waals surface area contributed by atoms with Crippen LogP contribution in [0.2, 0.25) is 0 Å². The molecule has 0 atom stereocenters.